The molecule has 1 heterocycles. The lowest BCUT2D eigenvalue weighted by Crippen LogP contribution is -2.33. The predicted octanol–water partition coefficient (Wildman–Crippen LogP) is 3.04. The van der Waals surface area contributed by atoms with Crippen LogP contribution in [-0.4, -0.2) is 41.7 Å². The average molecular weight is 327 g/mol. The first-order chi connectivity index (χ1) is 9.06. The molecule has 104 valence electrons. The van der Waals surface area contributed by atoms with Crippen molar-refractivity contribution in [3.8, 4) is 0 Å². The van der Waals surface area contributed by atoms with Crippen LogP contribution in [0.1, 0.15) is 30.1 Å². The third-order valence-corrected chi connectivity index (χ3v) is 3.84. The van der Waals surface area contributed by atoms with Crippen LogP contribution in [0.5, 0.6) is 0 Å². The number of nitrogens with zero attached hydrogens (tertiary/aromatic N) is 1. The molecule has 19 heavy (non-hydrogen) atoms. The number of hydrogen-bond donors (Lipinski definition) is 2. The fourth-order valence-corrected chi connectivity index (χ4v) is 2.84. The molecule has 2 N–H and O–H groups in total. The van der Waals surface area contributed by atoms with E-state index < -0.39 is 5.97 Å². The molecule has 0 radical (unpaired) electrons. The largest absolute Gasteiger partial charge is 0.478 e. The second kappa shape index (κ2) is 6.39. The van der Waals surface area contributed by atoms with Gasteiger partial charge in [0.15, 0.2) is 0 Å². The number of carbonyl (C=O) groups is 1. The quantitative estimate of drug-likeness (QED) is 0.873. The number of anilines is 1. The van der Waals surface area contributed by atoms with E-state index in [0.717, 1.165) is 24.1 Å². The van der Waals surface area contributed by atoms with Crippen molar-refractivity contribution in [1.82, 2.24) is 4.90 Å². The lowest BCUT2D eigenvalue weighted by molar-refractivity contribution is 0.0698. The predicted molar refractivity (Wildman–Crippen MR) is 79.9 cm³/mol. The lowest BCUT2D eigenvalue weighted by Gasteiger charge is -2.22. The van der Waals surface area contributed by atoms with Gasteiger partial charge in [-0.1, -0.05) is 15.9 Å². The molecule has 0 spiro atoms. The van der Waals surface area contributed by atoms with E-state index in [1.165, 1.54) is 12.8 Å². The maximum atomic E-state index is 11.2. The summed E-state index contributed by atoms with van der Waals surface area (Å²) in [7, 11) is 0. The van der Waals surface area contributed by atoms with Gasteiger partial charge in [0.2, 0.25) is 0 Å². The highest BCUT2D eigenvalue weighted by Gasteiger charge is 2.16. The van der Waals surface area contributed by atoms with Crippen molar-refractivity contribution in [2.24, 2.45) is 0 Å². The van der Waals surface area contributed by atoms with Crippen LogP contribution in [0, 0.1) is 0 Å². The molecule has 0 aromatic heterocycles. The van der Waals surface area contributed by atoms with Gasteiger partial charge in [0.05, 0.1) is 5.56 Å². The van der Waals surface area contributed by atoms with Gasteiger partial charge >= 0.3 is 5.97 Å². The zero-order valence-electron chi connectivity index (χ0n) is 11.0. The molecule has 4 nitrogen and oxygen atoms in total. The van der Waals surface area contributed by atoms with Crippen LogP contribution in [0.3, 0.4) is 0 Å². The van der Waals surface area contributed by atoms with Gasteiger partial charge in [-0.15, -0.1) is 0 Å². The molecular formula is C14H19BrN2O2. The van der Waals surface area contributed by atoms with Gasteiger partial charge in [-0.05, 0) is 51.1 Å². The topological polar surface area (TPSA) is 52.6 Å². The number of halogens is 1. The Morgan fingerprint density at radius 2 is 2.16 bits per heavy atom. The van der Waals surface area contributed by atoms with Gasteiger partial charge in [-0.25, -0.2) is 4.79 Å². The SMILES string of the molecule is CC(CN1CCCC1)Nc1ccc(Br)cc1C(=O)O. The Balaban J connectivity index is 2.03. The average Bonchev–Trinajstić information content (AvgIpc) is 2.83. The first-order valence-electron chi connectivity index (χ1n) is 6.58. The second-order valence-corrected chi connectivity index (χ2v) is 5.96. The van der Waals surface area contributed by atoms with Gasteiger partial charge in [0.1, 0.15) is 0 Å². The van der Waals surface area contributed by atoms with Gasteiger partial charge in [0.25, 0.3) is 0 Å². The van der Waals surface area contributed by atoms with Crippen molar-refractivity contribution in [2.75, 3.05) is 25.0 Å². The van der Waals surface area contributed by atoms with E-state index in [-0.39, 0.29) is 6.04 Å². The minimum atomic E-state index is -0.905. The normalized spacial score (nSPS) is 17.4. The second-order valence-electron chi connectivity index (χ2n) is 5.05. The molecule has 1 aromatic rings. The molecule has 1 fully saturated rings. The number of hydrogen-bond acceptors (Lipinski definition) is 3. The number of carboxylic acid groups (broad SMARTS) is 1. The van der Waals surface area contributed by atoms with Crippen LogP contribution in [0.25, 0.3) is 0 Å². The van der Waals surface area contributed by atoms with E-state index in [0.29, 0.717) is 11.3 Å². The molecule has 1 saturated heterocycles. The van der Waals surface area contributed by atoms with Gasteiger partial charge < -0.3 is 15.3 Å². The maximum Gasteiger partial charge on any atom is 0.337 e. The molecule has 1 unspecified atom stereocenters. The van der Waals surface area contributed by atoms with Crippen LogP contribution in [0.2, 0.25) is 0 Å². The fourth-order valence-electron chi connectivity index (χ4n) is 2.48. The summed E-state index contributed by atoms with van der Waals surface area (Å²) in [5.41, 5.74) is 0.991. The first-order valence-corrected chi connectivity index (χ1v) is 7.37. The van der Waals surface area contributed by atoms with E-state index in [1.54, 1.807) is 6.07 Å². The van der Waals surface area contributed by atoms with E-state index in [1.807, 2.05) is 12.1 Å². The molecule has 1 atom stereocenters. The highest BCUT2D eigenvalue weighted by Crippen LogP contribution is 2.22. The van der Waals surface area contributed by atoms with Crippen LogP contribution < -0.4 is 5.32 Å². The van der Waals surface area contributed by atoms with Gasteiger partial charge in [-0.2, -0.15) is 0 Å². The van der Waals surface area contributed by atoms with Crippen molar-refractivity contribution in [3.05, 3.63) is 28.2 Å². The Morgan fingerprint density at radius 3 is 2.79 bits per heavy atom. The Hall–Kier alpha value is -1.07. The molecular weight excluding hydrogens is 308 g/mol. The summed E-state index contributed by atoms with van der Waals surface area (Å²) in [5, 5.41) is 12.5. The molecule has 0 aliphatic carbocycles. The lowest BCUT2D eigenvalue weighted by atomic mass is 10.1. The van der Waals surface area contributed by atoms with E-state index in [2.05, 4.69) is 33.1 Å². The Morgan fingerprint density at radius 1 is 1.47 bits per heavy atom. The van der Waals surface area contributed by atoms with Crippen molar-refractivity contribution in [1.29, 1.82) is 0 Å². The van der Waals surface area contributed by atoms with Gasteiger partial charge in [-0.3, -0.25) is 0 Å². The first kappa shape index (κ1) is 14.3. The molecule has 0 bridgehead atoms. The minimum absolute atomic E-state index is 0.234. The molecule has 1 aliphatic heterocycles. The van der Waals surface area contributed by atoms with Crippen LogP contribution in [0.15, 0.2) is 22.7 Å². The number of rotatable bonds is 5. The number of carboxylic acids is 1. The summed E-state index contributed by atoms with van der Waals surface area (Å²) in [6.45, 7) is 5.34. The zero-order valence-corrected chi connectivity index (χ0v) is 12.6. The molecule has 2 rings (SSSR count). The van der Waals surface area contributed by atoms with Gasteiger partial charge in [0, 0.05) is 22.7 Å². The summed E-state index contributed by atoms with van der Waals surface area (Å²) in [6, 6.07) is 5.54. The zero-order chi connectivity index (χ0) is 13.8. The third-order valence-electron chi connectivity index (χ3n) is 3.34. The maximum absolute atomic E-state index is 11.2. The van der Waals surface area contributed by atoms with Crippen molar-refractivity contribution >= 4 is 27.6 Å². The molecule has 1 aliphatic rings. The number of aromatic carboxylic acids is 1. The standard InChI is InChI=1S/C14H19BrN2O2/c1-10(9-17-6-2-3-7-17)16-13-5-4-11(15)8-12(13)14(18)19/h4-5,8,10,16H,2-3,6-7,9H2,1H3,(H,18,19). The molecule has 0 amide bonds. The summed E-state index contributed by atoms with van der Waals surface area (Å²) in [5.74, 6) is -0.905. The number of likely N-dealkylation sites (tertiary alicyclic amines) is 1. The van der Waals surface area contributed by atoms with E-state index in [9.17, 15) is 9.90 Å². The van der Waals surface area contributed by atoms with Crippen molar-refractivity contribution in [3.63, 3.8) is 0 Å². The summed E-state index contributed by atoms with van der Waals surface area (Å²) >= 11 is 3.30. The summed E-state index contributed by atoms with van der Waals surface area (Å²) in [6.07, 6.45) is 2.54. The Kier molecular flexibility index (Phi) is 4.82. The van der Waals surface area contributed by atoms with E-state index >= 15 is 0 Å². The van der Waals surface area contributed by atoms with Crippen molar-refractivity contribution < 1.29 is 9.90 Å². The smallest absolute Gasteiger partial charge is 0.337 e. The molecule has 1 aromatic carbocycles. The Bertz CT molecular complexity index is 459. The van der Waals surface area contributed by atoms with Crippen LogP contribution in [-0.2, 0) is 0 Å². The van der Waals surface area contributed by atoms with E-state index in [4.69, 9.17) is 0 Å². The summed E-state index contributed by atoms with van der Waals surface area (Å²) in [4.78, 5) is 13.6. The van der Waals surface area contributed by atoms with Crippen LogP contribution >= 0.6 is 15.9 Å². The molecule has 0 saturated carbocycles. The monoisotopic (exact) mass is 326 g/mol. The summed E-state index contributed by atoms with van der Waals surface area (Å²) < 4.78 is 0.780. The Labute approximate surface area is 121 Å². The molecule has 5 heteroatoms. The fraction of sp³-hybridized carbons (Fsp3) is 0.500. The third kappa shape index (κ3) is 3.94. The number of benzene rings is 1. The van der Waals surface area contributed by atoms with Crippen LogP contribution in [0.4, 0.5) is 5.69 Å². The highest BCUT2D eigenvalue weighted by molar-refractivity contribution is 9.10. The number of nitrogens with one attached hydrogen (secondary N) is 1. The minimum Gasteiger partial charge on any atom is -0.478 e. The highest BCUT2D eigenvalue weighted by atomic mass is 79.9. The van der Waals surface area contributed by atoms with Crippen molar-refractivity contribution in [2.45, 2.75) is 25.8 Å².